The van der Waals surface area contributed by atoms with E-state index < -0.39 is 32.6 Å². The Labute approximate surface area is 259 Å². The van der Waals surface area contributed by atoms with E-state index in [9.17, 15) is 38.1 Å². The topological polar surface area (TPSA) is 176 Å². The van der Waals surface area contributed by atoms with Crippen LogP contribution in [-0.4, -0.2) is 69.7 Å². The number of aryl methyl sites for hydroxylation is 2. The number of aromatic nitrogens is 2. The number of anilines is 1. The molecule has 2 fully saturated rings. The van der Waals surface area contributed by atoms with Crippen molar-refractivity contribution in [2.24, 2.45) is 13.0 Å². The first-order valence-corrected chi connectivity index (χ1v) is 19.1. The van der Waals surface area contributed by atoms with Gasteiger partial charge in [-0.3, -0.25) is 19.2 Å². The fourth-order valence-electron chi connectivity index (χ4n) is 7.89. The van der Waals surface area contributed by atoms with Crippen molar-refractivity contribution in [1.82, 2.24) is 14.5 Å². The number of aromatic amines is 1. The van der Waals surface area contributed by atoms with Gasteiger partial charge in [0.15, 0.2) is 0 Å². The van der Waals surface area contributed by atoms with Crippen LogP contribution in [0.15, 0.2) is 36.2 Å². The number of Topliss-reactive ketones (excluding diaryl/α,β-unsaturated/α-hetero) is 1. The molecule has 0 radical (unpaired) electrons. The van der Waals surface area contributed by atoms with E-state index in [0.29, 0.717) is 36.6 Å². The first kappa shape index (κ1) is 30.1. The van der Waals surface area contributed by atoms with Crippen LogP contribution < -0.4 is 14.7 Å². The molecule has 1 aromatic carbocycles. The zero-order chi connectivity index (χ0) is 32.2. The minimum absolute atomic E-state index is 0.0937. The zero-order valence-electron chi connectivity index (χ0n) is 25.1. The van der Waals surface area contributed by atoms with E-state index in [2.05, 4.69) is 4.98 Å². The van der Waals surface area contributed by atoms with Crippen molar-refractivity contribution in [1.29, 1.82) is 0 Å². The van der Waals surface area contributed by atoms with Gasteiger partial charge in [-0.15, -0.1) is 0 Å². The van der Waals surface area contributed by atoms with Crippen molar-refractivity contribution in [2.45, 2.75) is 38.0 Å². The van der Waals surface area contributed by atoms with Gasteiger partial charge in [-0.2, -0.15) is 0 Å². The number of ketones is 2. The van der Waals surface area contributed by atoms with Crippen LogP contribution in [0.1, 0.15) is 56.9 Å². The molecule has 3 aromatic rings. The molecule has 1 N–H and O–H groups in total. The fourth-order valence-corrected chi connectivity index (χ4v) is 12.1. The van der Waals surface area contributed by atoms with E-state index in [1.807, 2.05) is 24.7 Å². The SMILES string of the molecule is Cc1cn(C)c2c1C13CC1CN(C(=O)c1cc4c5c(ccc4[nH]1)N(C(=O)CCC(=O)CP(=O)([O-])CP(C)(=O)[O-])CC5)C3=CC2=O. The molecule has 4 heterocycles. The average Bonchev–Trinajstić information content (AvgIpc) is 3.34. The van der Waals surface area contributed by atoms with E-state index in [0.717, 1.165) is 46.4 Å². The second kappa shape index (κ2) is 9.97. The molecule has 12 nitrogen and oxygen atoms in total. The molecule has 0 bridgehead atoms. The summed E-state index contributed by atoms with van der Waals surface area (Å²) < 4.78 is 25.3. The van der Waals surface area contributed by atoms with Crippen LogP contribution in [0.5, 0.6) is 0 Å². The Morgan fingerprint density at radius 1 is 1.13 bits per heavy atom. The second-order valence-corrected chi connectivity index (χ2v) is 18.1. The molecule has 1 saturated carbocycles. The standard InChI is InChI=1S/C31H34N4O8P2/c1-17-13-33(2)29-25(37)11-26-31(28(17)29)12-18(31)14-35(26)30(39)23-10-21-20-8-9-34(24(20)6-5-22(21)32-23)27(38)7-4-19(36)15-45(42,43)16-44(3,40)41/h5-6,10-11,13,18,32H,4,7-9,12,14-16H2,1-3H3,(H,40,41)(H,42,43)/p-2. The molecule has 1 saturated heterocycles. The Kier molecular flexibility index (Phi) is 6.67. The Morgan fingerprint density at radius 2 is 1.89 bits per heavy atom. The number of carbonyl (C=O) groups excluding carboxylic acids is 4. The van der Waals surface area contributed by atoms with Gasteiger partial charge in [0, 0.05) is 99.8 Å². The predicted molar refractivity (Wildman–Crippen MR) is 163 cm³/mol. The first-order chi connectivity index (χ1) is 21.1. The highest BCUT2D eigenvalue weighted by Gasteiger charge is 2.68. The number of piperidine rings is 1. The highest BCUT2D eigenvalue weighted by Crippen LogP contribution is 2.67. The molecular weight excluding hydrogens is 618 g/mol. The first-order valence-electron chi connectivity index (χ1n) is 14.9. The van der Waals surface area contributed by atoms with Crippen molar-refractivity contribution in [3.63, 3.8) is 0 Å². The molecule has 2 aromatic heterocycles. The lowest BCUT2D eigenvalue weighted by Crippen LogP contribution is -2.34. The number of nitrogens with one attached hydrogen (secondary N) is 1. The van der Waals surface area contributed by atoms with Gasteiger partial charge < -0.3 is 38.3 Å². The Bertz CT molecular complexity index is 2000. The number of carbonyl (C=O) groups is 4. The van der Waals surface area contributed by atoms with E-state index in [-0.39, 0.29) is 41.8 Å². The molecule has 4 atom stereocenters. The number of amides is 2. The summed E-state index contributed by atoms with van der Waals surface area (Å²) in [5, 5.41) is 0.810. The minimum Gasteiger partial charge on any atom is -0.799 e. The molecule has 4 aliphatic rings. The lowest BCUT2D eigenvalue weighted by Gasteiger charge is -2.29. The summed E-state index contributed by atoms with van der Waals surface area (Å²) in [6.07, 6.45) is 3.65. The maximum atomic E-state index is 13.9. The highest BCUT2D eigenvalue weighted by molar-refractivity contribution is 7.73. The van der Waals surface area contributed by atoms with Crippen LogP contribution in [0.4, 0.5) is 5.69 Å². The number of likely N-dealkylation sites (tertiary alicyclic amines) is 1. The number of fused-ring (bicyclic) bond motifs is 4. The molecule has 7 rings (SSSR count). The maximum Gasteiger partial charge on any atom is 0.274 e. The third kappa shape index (κ3) is 4.81. The number of allylic oxidation sites excluding steroid dienone is 2. The number of benzene rings is 1. The summed E-state index contributed by atoms with van der Waals surface area (Å²) in [6.45, 7) is 3.74. The molecule has 1 spiro atoms. The van der Waals surface area contributed by atoms with Crippen LogP contribution in [0.25, 0.3) is 10.9 Å². The van der Waals surface area contributed by atoms with Crippen LogP contribution in [-0.2, 0) is 37.6 Å². The van der Waals surface area contributed by atoms with Gasteiger partial charge in [-0.05, 0) is 67.2 Å². The van der Waals surface area contributed by atoms with E-state index in [4.69, 9.17) is 0 Å². The molecule has 236 valence electrons. The quantitative estimate of drug-likeness (QED) is 0.362. The molecular formula is C31H32N4O8P2-2. The smallest absolute Gasteiger partial charge is 0.274 e. The normalized spacial score (nSPS) is 24.0. The molecule has 14 heteroatoms. The van der Waals surface area contributed by atoms with Crippen molar-refractivity contribution < 1.29 is 38.1 Å². The summed E-state index contributed by atoms with van der Waals surface area (Å²) in [5.41, 5.74) is 5.98. The Hall–Kier alpha value is -3.56. The van der Waals surface area contributed by atoms with Crippen LogP contribution in [0, 0.1) is 12.8 Å². The Morgan fingerprint density at radius 3 is 2.62 bits per heavy atom. The van der Waals surface area contributed by atoms with Crippen LogP contribution >= 0.6 is 14.7 Å². The number of hydrogen-bond donors (Lipinski definition) is 1. The number of nitrogens with zero attached hydrogens (tertiary/aromatic N) is 3. The van der Waals surface area contributed by atoms with E-state index in [1.54, 1.807) is 34.1 Å². The summed E-state index contributed by atoms with van der Waals surface area (Å²) in [5.74, 6) is -2.14. The van der Waals surface area contributed by atoms with Gasteiger partial charge in [0.05, 0.1) is 5.69 Å². The summed E-state index contributed by atoms with van der Waals surface area (Å²) in [6, 6.07) is 5.38. The molecule has 45 heavy (non-hydrogen) atoms. The molecule has 2 amide bonds. The monoisotopic (exact) mass is 650 g/mol. The van der Waals surface area contributed by atoms with Crippen molar-refractivity contribution in [3.05, 3.63) is 64.2 Å². The van der Waals surface area contributed by atoms with Gasteiger partial charge >= 0.3 is 0 Å². The van der Waals surface area contributed by atoms with Crippen molar-refractivity contribution >= 4 is 54.7 Å². The van der Waals surface area contributed by atoms with Crippen molar-refractivity contribution in [3.8, 4) is 0 Å². The van der Waals surface area contributed by atoms with Crippen LogP contribution in [0.3, 0.4) is 0 Å². The largest absolute Gasteiger partial charge is 0.799 e. The van der Waals surface area contributed by atoms with E-state index in [1.165, 1.54) is 0 Å². The van der Waals surface area contributed by atoms with Gasteiger partial charge in [0.2, 0.25) is 11.7 Å². The third-order valence-corrected chi connectivity index (χ3v) is 14.2. The number of hydrogen-bond acceptors (Lipinski definition) is 8. The van der Waals surface area contributed by atoms with Gasteiger partial charge in [-0.1, -0.05) is 0 Å². The summed E-state index contributed by atoms with van der Waals surface area (Å²) >= 11 is 0. The molecule has 2 aliphatic heterocycles. The van der Waals surface area contributed by atoms with Crippen molar-refractivity contribution in [2.75, 3.05) is 36.7 Å². The van der Waals surface area contributed by atoms with Gasteiger partial charge in [-0.25, -0.2) is 0 Å². The zero-order valence-corrected chi connectivity index (χ0v) is 26.9. The maximum absolute atomic E-state index is 13.9. The molecule has 4 unspecified atom stereocenters. The highest BCUT2D eigenvalue weighted by atomic mass is 31.2. The minimum atomic E-state index is -4.43. The summed E-state index contributed by atoms with van der Waals surface area (Å²) in [7, 11) is -6.64. The second-order valence-electron chi connectivity index (χ2n) is 13.0. The summed E-state index contributed by atoms with van der Waals surface area (Å²) in [4.78, 5) is 82.3. The number of H-pyrrole nitrogens is 1. The fraction of sp³-hybridized carbons (Fsp3) is 0.419. The van der Waals surface area contributed by atoms with Gasteiger partial charge in [0.1, 0.15) is 11.5 Å². The molecule has 2 aliphatic carbocycles. The Balaban J connectivity index is 1.08. The number of rotatable bonds is 8. The average molecular weight is 651 g/mol. The third-order valence-electron chi connectivity index (χ3n) is 9.62. The lowest BCUT2D eigenvalue weighted by molar-refractivity contribution is -0.181. The lowest BCUT2D eigenvalue weighted by atomic mass is 9.83. The van der Waals surface area contributed by atoms with Crippen LogP contribution in [0.2, 0.25) is 0 Å². The van der Waals surface area contributed by atoms with Gasteiger partial charge in [0.25, 0.3) is 5.91 Å². The van der Waals surface area contributed by atoms with E-state index >= 15 is 0 Å². The predicted octanol–water partition coefficient (Wildman–Crippen LogP) is 2.41.